The largest absolute Gasteiger partial charge is 0.493 e. The van der Waals surface area contributed by atoms with Crippen LogP contribution in [0.2, 0.25) is 0 Å². The van der Waals surface area contributed by atoms with Crippen molar-refractivity contribution in [3.8, 4) is 11.5 Å². The van der Waals surface area contributed by atoms with Crippen LogP contribution in [0.25, 0.3) is 16.8 Å². The Morgan fingerprint density at radius 3 is 2.37 bits per heavy atom. The second-order valence-electron chi connectivity index (χ2n) is 6.15. The molecule has 8 heteroatoms. The van der Waals surface area contributed by atoms with E-state index in [-0.39, 0.29) is 10.9 Å². The highest BCUT2D eigenvalue weighted by molar-refractivity contribution is 6.04. The van der Waals surface area contributed by atoms with Crippen molar-refractivity contribution in [1.29, 1.82) is 0 Å². The highest BCUT2D eigenvalue weighted by atomic mass is 16.5. The molecule has 1 amide bonds. The van der Waals surface area contributed by atoms with Crippen LogP contribution in [-0.4, -0.2) is 37.9 Å². The van der Waals surface area contributed by atoms with Crippen LogP contribution in [-0.2, 0) is 9.53 Å². The summed E-state index contributed by atoms with van der Waals surface area (Å²) in [5.41, 5.74) is 2.76. The molecule has 0 atom stereocenters. The molecular weight excluding hydrogens is 388 g/mol. The summed E-state index contributed by atoms with van der Waals surface area (Å²) in [6.45, 7) is 0. The number of ether oxygens (including phenoxy) is 3. The van der Waals surface area contributed by atoms with E-state index in [1.54, 1.807) is 42.5 Å². The lowest BCUT2D eigenvalue weighted by atomic mass is 10.1. The minimum atomic E-state index is -0.620. The number of methoxy groups -OCH3 is 3. The summed E-state index contributed by atoms with van der Waals surface area (Å²) in [7, 11) is 4.26. The Morgan fingerprint density at radius 1 is 0.967 bits per heavy atom. The van der Waals surface area contributed by atoms with Crippen molar-refractivity contribution >= 4 is 28.7 Å². The van der Waals surface area contributed by atoms with Gasteiger partial charge in [0, 0.05) is 28.6 Å². The van der Waals surface area contributed by atoms with Crippen molar-refractivity contribution in [3.05, 3.63) is 76.2 Å². The van der Waals surface area contributed by atoms with E-state index in [4.69, 9.17) is 14.2 Å². The van der Waals surface area contributed by atoms with Crippen LogP contribution in [0.1, 0.15) is 15.9 Å². The van der Waals surface area contributed by atoms with E-state index < -0.39 is 17.4 Å². The van der Waals surface area contributed by atoms with E-state index in [0.717, 1.165) is 4.68 Å². The summed E-state index contributed by atoms with van der Waals surface area (Å²) in [5, 5.41) is 0.718. The van der Waals surface area contributed by atoms with Crippen LogP contribution in [0.5, 0.6) is 11.5 Å². The summed E-state index contributed by atoms with van der Waals surface area (Å²) in [4.78, 5) is 37.3. The minimum absolute atomic E-state index is 0.159. The Bertz CT molecular complexity index is 1200. The molecule has 3 aromatic rings. The molecule has 30 heavy (non-hydrogen) atoms. The van der Waals surface area contributed by atoms with E-state index in [2.05, 4.69) is 5.43 Å². The lowest BCUT2D eigenvalue weighted by Crippen LogP contribution is -2.33. The number of carbonyl (C=O) groups is 2. The molecule has 0 saturated heterocycles. The first kappa shape index (κ1) is 20.7. The topological polar surface area (TPSA) is 95.9 Å². The number of nitrogens with zero attached hydrogens (tertiary/aromatic N) is 1. The smallest absolute Gasteiger partial charge is 0.340 e. The van der Waals surface area contributed by atoms with E-state index in [0.29, 0.717) is 22.4 Å². The van der Waals surface area contributed by atoms with Crippen molar-refractivity contribution in [3.63, 3.8) is 0 Å². The summed E-state index contributed by atoms with van der Waals surface area (Å²) < 4.78 is 16.3. The molecule has 1 N–H and O–H groups in total. The Hall–Kier alpha value is -4.07. The maximum atomic E-state index is 12.7. The molecule has 0 fully saturated rings. The third-order valence-electron chi connectivity index (χ3n) is 4.41. The van der Waals surface area contributed by atoms with Crippen molar-refractivity contribution < 1.29 is 23.8 Å². The highest BCUT2D eigenvalue weighted by Gasteiger charge is 2.15. The number of amides is 1. The van der Waals surface area contributed by atoms with Gasteiger partial charge in [0.25, 0.3) is 11.5 Å². The molecule has 1 heterocycles. The van der Waals surface area contributed by atoms with Crippen molar-refractivity contribution in [2.45, 2.75) is 0 Å². The maximum Gasteiger partial charge on any atom is 0.340 e. The number of hydrogen-bond donors (Lipinski definition) is 1. The van der Waals surface area contributed by atoms with Gasteiger partial charge in [0.2, 0.25) is 0 Å². The zero-order valence-electron chi connectivity index (χ0n) is 16.7. The van der Waals surface area contributed by atoms with Gasteiger partial charge in [-0.25, -0.2) is 9.47 Å². The Balaban J connectivity index is 1.94. The third kappa shape index (κ3) is 4.02. The van der Waals surface area contributed by atoms with Gasteiger partial charge in [-0.2, -0.15) is 0 Å². The second kappa shape index (κ2) is 8.95. The van der Waals surface area contributed by atoms with Gasteiger partial charge < -0.3 is 14.2 Å². The van der Waals surface area contributed by atoms with Crippen molar-refractivity contribution in [2.24, 2.45) is 0 Å². The zero-order valence-corrected chi connectivity index (χ0v) is 16.7. The van der Waals surface area contributed by atoms with E-state index in [1.807, 2.05) is 0 Å². The average molecular weight is 408 g/mol. The average Bonchev–Trinajstić information content (AvgIpc) is 2.78. The van der Waals surface area contributed by atoms with Gasteiger partial charge in [-0.1, -0.05) is 30.3 Å². The number of carbonyl (C=O) groups excluding carboxylic acids is 2. The molecule has 0 aliphatic rings. The number of aromatic nitrogens is 1. The normalized spacial score (nSPS) is 10.8. The van der Waals surface area contributed by atoms with Crippen LogP contribution in [0.15, 0.2) is 59.5 Å². The molecular formula is C22H20N2O6. The molecule has 2 aromatic carbocycles. The zero-order chi connectivity index (χ0) is 21.7. The number of fused-ring (bicyclic) bond motifs is 1. The van der Waals surface area contributed by atoms with Crippen LogP contribution in [0.4, 0.5) is 0 Å². The number of nitrogens with one attached hydrogen (secondary N) is 1. The van der Waals surface area contributed by atoms with Gasteiger partial charge in [-0.3, -0.25) is 15.0 Å². The number of esters is 1. The predicted molar refractivity (Wildman–Crippen MR) is 112 cm³/mol. The molecule has 0 unspecified atom stereocenters. The Kier molecular flexibility index (Phi) is 6.17. The first-order chi connectivity index (χ1) is 14.5. The highest BCUT2D eigenvalue weighted by Crippen LogP contribution is 2.31. The van der Waals surface area contributed by atoms with Gasteiger partial charge in [-0.15, -0.1) is 0 Å². The molecule has 0 spiro atoms. The molecule has 0 saturated carbocycles. The maximum absolute atomic E-state index is 12.7. The number of hydrogen-bond acceptors (Lipinski definition) is 6. The first-order valence-electron chi connectivity index (χ1n) is 8.93. The summed E-state index contributed by atoms with van der Waals surface area (Å²) in [6.07, 6.45) is 4.02. The lowest BCUT2D eigenvalue weighted by Gasteiger charge is -2.11. The number of rotatable bonds is 6. The Labute approximate surface area is 172 Å². The molecule has 1 aromatic heterocycles. The summed E-state index contributed by atoms with van der Waals surface area (Å²) in [6, 6.07) is 11.8. The number of para-hydroxylation sites is 1. The molecule has 0 aliphatic carbocycles. The third-order valence-corrected chi connectivity index (χ3v) is 4.41. The minimum Gasteiger partial charge on any atom is -0.493 e. The molecule has 3 rings (SSSR count). The fourth-order valence-electron chi connectivity index (χ4n) is 3.01. The predicted octanol–water partition coefficient (Wildman–Crippen LogP) is 2.59. The molecule has 8 nitrogen and oxygen atoms in total. The van der Waals surface area contributed by atoms with E-state index in [1.165, 1.54) is 39.7 Å². The lowest BCUT2D eigenvalue weighted by molar-refractivity contribution is -0.112. The van der Waals surface area contributed by atoms with Crippen molar-refractivity contribution in [2.75, 3.05) is 26.8 Å². The van der Waals surface area contributed by atoms with Gasteiger partial charge in [0.15, 0.2) is 11.5 Å². The second-order valence-corrected chi connectivity index (χ2v) is 6.15. The van der Waals surface area contributed by atoms with Crippen LogP contribution in [0, 0.1) is 0 Å². The van der Waals surface area contributed by atoms with Gasteiger partial charge in [0.05, 0.1) is 26.9 Å². The first-order valence-corrected chi connectivity index (χ1v) is 8.93. The molecule has 154 valence electrons. The monoisotopic (exact) mass is 408 g/mol. The Morgan fingerprint density at radius 2 is 1.70 bits per heavy atom. The summed E-state index contributed by atoms with van der Waals surface area (Å²) >= 11 is 0. The van der Waals surface area contributed by atoms with Crippen LogP contribution < -0.4 is 20.5 Å². The van der Waals surface area contributed by atoms with Crippen molar-refractivity contribution in [1.82, 2.24) is 4.68 Å². The molecule has 0 bridgehead atoms. The molecule has 0 radical (unpaired) electrons. The SMILES string of the molecule is COC(=O)c1cn(NC(=O)/C=C/c2cccc(OC)c2OC)c(=O)c2ccccc12. The van der Waals surface area contributed by atoms with E-state index >= 15 is 0 Å². The summed E-state index contributed by atoms with van der Waals surface area (Å²) in [5.74, 6) is -0.202. The van der Waals surface area contributed by atoms with Crippen LogP contribution >= 0.6 is 0 Å². The van der Waals surface area contributed by atoms with Gasteiger partial charge in [-0.05, 0) is 18.2 Å². The number of pyridine rings is 1. The molecule has 0 aliphatic heterocycles. The standard InChI is InChI=1S/C22H20N2O6/c1-28-18-10-6-7-14(20(18)29-2)11-12-19(25)23-24-13-17(22(27)30-3)15-8-4-5-9-16(15)21(24)26/h4-13H,1-3H3,(H,23,25)/b12-11+. The number of benzene rings is 2. The fourth-order valence-corrected chi connectivity index (χ4v) is 3.01. The fraction of sp³-hybridized carbons (Fsp3) is 0.136. The van der Waals surface area contributed by atoms with Gasteiger partial charge in [0.1, 0.15) is 0 Å². The quantitative estimate of drug-likeness (QED) is 0.498. The van der Waals surface area contributed by atoms with E-state index in [9.17, 15) is 14.4 Å². The van der Waals surface area contributed by atoms with Gasteiger partial charge >= 0.3 is 5.97 Å². The van der Waals surface area contributed by atoms with Crippen LogP contribution in [0.3, 0.4) is 0 Å².